The van der Waals surface area contributed by atoms with E-state index in [1.54, 1.807) is 17.8 Å². The number of hydrogen-bond donors (Lipinski definition) is 2. The summed E-state index contributed by atoms with van der Waals surface area (Å²) >= 11 is 0. The van der Waals surface area contributed by atoms with Crippen LogP contribution in [0.4, 0.5) is 0 Å². The first kappa shape index (κ1) is 13.0. The summed E-state index contributed by atoms with van der Waals surface area (Å²) in [4.78, 5) is 16.1. The number of aromatic nitrogens is 6. The fourth-order valence-electron chi connectivity index (χ4n) is 1.84. The quantitative estimate of drug-likeness (QED) is 0.740. The lowest BCUT2D eigenvalue weighted by Gasteiger charge is -2.08. The van der Waals surface area contributed by atoms with Crippen molar-refractivity contribution in [3.63, 3.8) is 0 Å². The average molecular weight is 283 g/mol. The third-order valence-corrected chi connectivity index (χ3v) is 2.94. The zero-order valence-corrected chi connectivity index (χ0v) is 11.3. The van der Waals surface area contributed by atoms with Crippen LogP contribution in [0.3, 0.4) is 0 Å². The molecule has 8 nitrogen and oxygen atoms in total. The molecule has 2 aromatic heterocycles. The Labute approximate surface area is 120 Å². The molecule has 1 atom stereocenters. The summed E-state index contributed by atoms with van der Waals surface area (Å²) in [5, 5.41) is 17.1. The van der Waals surface area contributed by atoms with E-state index in [1.165, 1.54) is 6.33 Å². The van der Waals surface area contributed by atoms with Gasteiger partial charge in [0, 0.05) is 0 Å². The normalized spacial score (nSPS) is 12.0. The highest BCUT2D eigenvalue weighted by Gasteiger charge is 2.16. The Bertz CT molecular complexity index is 720. The third-order valence-electron chi connectivity index (χ3n) is 2.94. The predicted molar refractivity (Wildman–Crippen MR) is 73.6 cm³/mol. The molecule has 0 saturated carbocycles. The van der Waals surface area contributed by atoms with Crippen molar-refractivity contribution in [2.45, 2.75) is 13.0 Å². The van der Waals surface area contributed by atoms with Gasteiger partial charge in [0.25, 0.3) is 5.91 Å². The molecule has 3 aromatic rings. The van der Waals surface area contributed by atoms with Crippen molar-refractivity contribution >= 4 is 5.91 Å². The van der Waals surface area contributed by atoms with E-state index in [-0.39, 0.29) is 17.6 Å². The number of aromatic amines is 1. The maximum Gasteiger partial charge on any atom is 0.274 e. The van der Waals surface area contributed by atoms with Gasteiger partial charge in [-0.25, -0.2) is 9.67 Å². The molecule has 0 spiro atoms. The van der Waals surface area contributed by atoms with E-state index in [9.17, 15) is 4.79 Å². The number of nitrogens with zero attached hydrogens (tertiary/aromatic N) is 5. The monoisotopic (exact) mass is 283 g/mol. The third kappa shape index (κ3) is 2.78. The summed E-state index contributed by atoms with van der Waals surface area (Å²) in [6.45, 7) is 1.81. The minimum absolute atomic E-state index is 0.241. The maximum absolute atomic E-state index is 12.1. The second-order valence-electron chi connectivity index (χ2n) is 4.45. The Morgan fingerprint density at radius 3 is 2.86 bits per heavy atom. The van der Waals surface area contributed by atoms with Gasteiger partial charge in [0.2, 0.25) is 0 Å². The van der Waals surface area contributed by atoms with Gasteiger partial charge in [0.15, 0.2) is 5.69 Å². The first-order chi connectivity index (χ1) is 10.2. The summed E-state index contributed by atoms with van der Waals surface area (Å²) in [6.07, 6.45) is 2.97. The van der Waals surface area contributed by atoms with Crippen molar-refractivity contribution in [2.24, 2.45) is 0 Å². The van der Waals surface area contributed by atoms with Crippen molar-refractivity contribution in [1.82, 2.24) is 35.5 Å². The van der Waals surface area contributed by atoms with Crippen molar-refractivity contribution in [3.8, 4) is 5.69 Å². The minimum Gasteiger partial charge on any atom is -0.341 e. The van der Waals surface area contributed by atoms with Crippen molar-refractivity contribution in [1.29, 1.82) is 0 Å². The molecular formula is C13H13N7O. The number of para-hydroxylation sites is 1. The van der Waals surface area contributed by atoms with Crippen LogP contribution in [0.1, 0.15) is 29.3 Å². The van der Waals surface area contributed by atoms with Crippen LogP contribution < -0.4 is 5.32 Å². The number of carbonyl (C=O) groups excluding carboxylic acids is 1. The highest BCUT2D eigenvalue weighted by Crippen LogP contribution is 2.08. The summed E-state index contributed by atoms with van der Waals surface area (Å²) in [7, 11) is 0. The molecule has 1 amide bonds. The number of nitrogens with one attached hydrogen (secondary N) is 2. The topological polar surface area (TPSA) is 101 Å². The Morgan fingerprint density at radius 1 is 1.33 bits per heavy atom. The second-order valence-corrected chi connectivity index (χ2v) is 4.45. The fourth-order valence-corrected chi connectivity index (χ4v) is 1.84. The van der Waals surface area contributed by atoms with Gasteiger partial charge in [0.1, 0.15) is 12.2 Å². The Hall–Kier alpha value is -3.03. The molecule has 0 saturated heterocycles. The fraction of sp³-hybridized carbons (Fsp3) is 0.154. The van der Waals surface area contributed by atoms with Gasteiger partial charge in [-0.1, -0.05) is 23.4 Å². The molecule has 0 bridgehead atoms. The van der Waals surface area contributed by atoms with Crippen LogP contribution in [-0.4, -0.2) is 36.1 Å². The van der Waals surface area contributed by atoms with Crippen LogP contribution in [0.5, 0.6) is 0 Å². The Kier molecular flexibility index (Phi) is 3.42. The zero-order valence-electron chi connectivity index (χ0n) is 11.3. The molecule has 3 rings (SSSR count). The van der Waals surface area contributed by atoms with Crippen LogP contribution in [-0.2, 0) is 0 Å². The van der Waals surface area contributed by atoms with Gasteiger partial charge >= 0.3 is 0 Å². The molecule has 21 heavy (non-hydrogen) atoms. The number of amides is 1. The van der Waals surface area contributed by atoms with Crippen molar-refractivity contribution in [2.75, 3.05) is 0 Å². The lowest BCUT2D eigenvalue weighted by Crippen LogP contribution is -2.27. The number of hydrogen-bond acceptors (Lipinski definition) is 5. The van der Waals surface area contributed by atoms with Gasteiger partial charge in [-0.3, -0.25) is 9.89 Å². The van der Waals surface area contributed by atoms with Crippen LogP contribution in [0.15, 0.2) is 42.9 Å². The van der Waals surface area contributed by atoms with Gasteiger partial charge in [-0.15, -0.1) is 5.10 Å². The minimum atomic E-state index is -0.318. The van der Waals surface area contributed by atoms with E-state index in [0.29, 0.717) is 5.82 Å². The largest absolute Gasteiger partial charge is 0.341 e. The highest BCUT2D eigenvalue weighted by atomic mass is 16.2. The van der Waals surface area contributed by atoms with Gasteiger partial charge in [-0.05, 0) is 19.1 Å². The van der Waals surface area contributed by atoms with Gasteiger partial charge in [0.05, 0.1) is 17.9 Å². The molecule has 0 aliphatic rings. The molecule has 2 N–H and O–H groups in total. The smallest absolute Gasteiger partial charge is 0.274 e. The molecule has 106 valence electrons. The summed E-state index contributed by atoms with van der Waals surface area (Å²) < 4.78 is 1.55. The zero-order chi connectivity index (χ0) is 14.7. The molecule has 0 aliphatic heterocycles. The summed E-state index contributed by atoms with van der Waals surface area (Å²) in [5.41, 5.74) is 1.08. The van der Waals surface area contributed by atoms with E-state index < -0.39 is 0 Å². The SMILES string of the molecule is CC(NC(=O)c1cn(-c2ccccc2)nn1)c1ncn[nH]1. The lowest BCUT2D eigenvalue weighted by molar-refractivity contribution is 0.0933. The lowest BCUT2D eigenvalue weighted by atomic mass is 10.3. The Balaban J connectivity index is 1.73. The number of benzene rings is 1. The molecule has 0 fully saturated rings. The average Bonchev–Trinajstić information content (AvgIpc) is 3.20. The van der Waals surface area contributed by atoms with Gasteiger partial charge in [-0.2, -0.15) is 5.10 Å². The van der Waals surface area contributed by atoms with E-state index in [0.717, 1.165) is 5.69 Å². The summed E-state index contributed by atoms with van der Waals surface area (Å²) in [6, 6.07) is 9.17. The maximum atomic E-state index is 12.1. The first-order valence-corrected chi connectivity index (χ1v) is 6.38. The molecule has 0 aliphatic carbocycles. The van der Waals surface area contributed by atoms with Crippen LogP contribution in [0.25, 0.3) is 5.69 Å². The highest BCUT2D eigenvalue weighted by molar-refractivity contribution is 5.92. The van der Waals surface area contributed by atoms with E-state index >= 15 is 0 Å². The predicted octanol–water partition coefficient (Wildman–Crippen LogP) is 0.876. The molecule has 1 aromatic carbocycles. The van der Waals surface area contributed by atoms with Crippen LogP contribution >= 0.6 is 0 Å². The van der Waals surface area contributed by atoms with E-state index in [4.69, 9.17) is 0 Å². The van der Waals surface area contributed by atoms with E-state index in [1.807, 2.05) is 30.3 Å². The standard InChI is InChI=1S/C13H13N7O/c1-9(12-14-8-15-18-12)16-13(21)11-7-20(19-17-11)10-5-3-2-4-6-10/h2-9H,1H3,(H,16,21)(H,14,15,18). The van der Waals surface area contributed by atoms with Crippen LogP contribution in [0.2, 0.25) is 0 Å². The molecule has 8 heteroatoms. The number of H-pyrrole nitrogens is 1. The van der Waals surface area contributed by atoms with E-state index in [2.05, 4.69) is 30.8 Å². The summed E-state index contributed by atoms with van der Waals surface area (Å²) in [5.74, 6) is 0.264. The molecule has 1 unspecified atom stereocenters. The molecule has 0 radical (unpaired) electrons. The van der Waals surface area contributed by atoms with Crippen LogP contribution in [0, 0.1) is 0 Å². The first-order valence-electron chi connectivity index (χ1n) is 6.38. The van der Waals surface area contributed by atoms with Gasteiger partial charge < -0.3 is 5.32 Å². The second kappa shape index (κ2) is 5.53. The number of carbonyl (C=O) groups is 1. The number of rotatable bonds is 4. The van der Waals surface area contributed by atoms with Crippen molar-refractivity contribution < 1.29 is 4.79 Å². The van der Waals surface area contributed by atoms with Crippen molar-refractivity contribution in [3.05, 3.63) is 54.4 Å². The molecular weight excluding hydrogens is 270 g/mol. The Morgan fingerprint density at radius 2 is 2.14 bits per heavy atom. The molecule has 2 heterocycles.